The molecule has 2 nitrogen and oxygen atoms in total. The fourth-order valence-corrected chi connectivity index (χ4v) is 1.34. The van der Waals surface area contributed by atoms with Crippen LogP contribution < -0.4 is 0 Å². The summed E-state index contributed by atoms with van der Waals surface area (Å²) in [5.74, 6) is 0. The molecule has 0 spiro atoms. The lowest BCUT2D eigenvalue weighted by Crippen LogP contribution is -1.86. The maximum atomic E-state index is 4.21. The summed E-state index contributed by atoms with van der Waals surface area (Å²) in [6.07, 6.45) is 3.41. The third-order valence-corrected chi connectivity index (χ3v) is 2.29. The quantitative estimate of drug-likeness (QED) is 0.723. The van der Waals surface area contributed by atoms with E-state index in [9.17, 15) is 0 Å². The Balaban J connectivity index is 2.40. The SMILES string of the molecule is Sc1ccc(-c2ccc(S)cn2)nc1. The topological polar surface area (TPSA) is 25.8 Å². The molecule has 0 radical (unpaired) electrons. The van der Waals surface area contributed by atoms with E-state index >= 15 is 0 Å². The predicted octanol–water partition coefficient (Wildman–Crippen LogP) is 2.72. The average Bonchev–Trinajstić information content (AvgIpc) is 2.21. The van der Waals surface area contributed by atoms with Crippen LogP contribution in [0.4, 0.5) is 0 Å². The van der Waals surface area contributed by atoms with Crippen molar-refractivity contribution in [3.05, 3.63) is 36.7 Å². The molecule has 2 heterocycles. The van der Waals surface area contributed by atoms with Crippen LogP contribution in [0.2, 0.25) is 0 Å². The third kappa shape index (κ3) is 2.08. The highest BCUT2D eigenvalue weighted by Crippen LogP contribution is 2.16. The summed E-state index contributed by atoms with van der Waals surface area (Å²) in [6.45, 7) is 0. The summed E-state index contributed by atoms with van der Waals surface area (Å²) in [4.78, 5) is 10.1. The maximum Gasteiger partial charge on any atom is 0.0886 e. The first kappa shape index (κ1) is 9.55. The third-order valence-electron chi connectivity index (χ3n) is 1.76. The van der Waals surface area contributed by atoms with Crippen molar-refractivity contribution < 1.29 is 0 Å². The average molecular weight is 220 g/mol. The Kier molecular flexibility index (Phi) is 2.74. The van der Waals surface area contributed by atoms with Crippen molar-refractivity contribution in [3.8, 4) is 11.4 Å². The summed E-state index contributed by atoms with van der Waals surface area (Å²) in [5.41, 5.74) is 1.69. The van der Waals surface area contributed by atoms with Crippen LogP contribution >= 0.6 is 25.3 Å². The molecule has 0 unspecified atom stereocenters. The molecule has 70 valence electrons. The maximum absolute atomic E-state index is 4.21. The second-order valence-corrected chi connectivity index (χ2v) is 3.84. The van der Waals surface area contributed by atoms with Gasteiger partial charge in [0.1, 0.15) is 0 Å². The molecular weight excluding hydrogens is 212 g/mol. The number of aromatic nitrogens is 2. The van der Waals surface area contributed by atoms with Gasteiger partial charge in [0.05, 0.1) is 11.4 Å². The van der Waals surface area contributed by atoms with Crippen LogP contribution in [0.3, 0.4) is 0 Å². The summed E-state index contributed by atoms with van der Waals surface area (Å²) >= 11 is 8.33. The minimum atomic E-state index is 0.844. The van der Waals surface area contributed by atoms with Gasteiger partial charge in [0, 0.05) is 22.2 Å². The lowest BCUT2D eigenvalue weighted by atomic mass is 10.2. The lowest BCUT2D eigenvalue weighted by molar-refractivity contribution is 1.18. The number of rotatable bonds is 1. The zero-order valence-corrected chi connectivity index (χ0v) is 9.04. The first-order valence-electron chi connectivity index (χ1n) is 4.06. The van der Waals surface area contributed by atoms with Gasteiger partial charge in [-0.15, -0.1) is 25.3 Å². The molecule has 0 aromatic carbocycles. The zero-order chi connectivity index (χ0) is 9.97. The van der Waals surface area contributed by atoms with Gasteiger partial charge in [-0.25, -0.2) is 0 Å². The van der Waals surface area contributed by atoms with E-state index in [0.29, 0.717) is 0 Å². The monoisotopic (exact) mass is 220 g/mol. The van der Waals surface area contributed by atoms with Gasteiger partial charge in [-0.3, -0.25) is 9.97 Å². The van der Waals surface area contributed by atoms with E-state index in [4.69, 9.17) is 0 Å². The molecular formula is C10H8N2S2. The summed E-state index contributed by atoms with van der Waals surface area (Å²) in [5, 5.41) is 0. The Hall–Kier alpha value is -1.00. The lowest BCUT2D eigenvalue weighted by Gasteiger charge is -1.99. The van der Waals surface area contributed by atoms with Crippen LogP contribution in [0.1, 0.15) is 0 Å². The number of hydrogen-bond acceptors (Lipinski definition) is 4. The first-order valence-corrected chi connectivity index (χ1v) is 4.95. The van der Waals surface area contributed by atoms with E-state index in [-0.39, 0.29) is 0 Å². The predicted molar refractivity (Wildman–Crippen MR) is 62.0 cm³/mol. The van der Waals surface area contributed by atoms with E-state index in [1.165, 1.54) is 0 Å². The van der Waals surface area contributed by atoms with Crippen LogP contribution in [-0.2, 0) is 0 Å². The van der Waals surface area contributed by atoms with Gasteiger partial charge in [0.15, 0.2) is 0 Å². The Morgan fingerprint density at radius 1 is 0.714 bits per heavy atom. The van der Waals surface area contributed by atoms with Crippen molar-refractivity contribution in [2.45, 2.75) is 9.79 Å². The number of pyridine rings is 2. The highest BCUT2D eigenvalue weighted by molar-refractivity contribution is 7.80. The Labute approximate surface area is 93.2 Å². The molecule has 0 fully saturated rings. The number of nitrogens with zero attached hydrogens (tertiary/aromatic N) is 2. The fraction of sp³-hybridized carbons (Fsp3) is 0. The Bertz CT molecular complexity index is 379. The number of hydrogen-bond donors (Lipinski definition) is 2. The normalized spacial score (nSPS) is 10.1. The molecule has 0 saturated heterocycles. The molecule has 2 aromatic rings. The first-order chi connectivity index (χ1) is 6.75. The molecule has 0 amide bonds. The van der Waals surface area contributed by atoms with E-state index < -0.39 is 0 Å². The van der Waals surface area contributed by atoms with E-state index in [1.54, 1.807) is 12.4 Å². The smallest absolute Gasteiger partial charge is 0.0886 e. The highest BCUT2D eigenvalue weighted by atomic mass is 32.1. The van der Waals surface area contributed by atoms with Gasteiger partial charge in [-0.2, -0.15) is 0 Å². The zero-order valence-electron chi connectivity index (χ0n) is 7.25. The van der Waals surface area contributed by atoms with Gasteiger partial charge in [0.2, 0.25) is 0 Å². The van der Waals surface area contributed by atoms with Gasteiger partial charge < -0.3 is 0 Å². The van der Waals surface area contributed by atoms with Crippen LogP contribution in [0.25, 0.3) is 11.4 Å². The molecule has 0 N–H and O–H groups in total. The van der Waals surface area contributed by atoms with Gasteiger partial charge >= 0.3 is 0 Å². The molecule has 0 atom stereocenters. The van der Waals surface area contributed by atoms with Crippen molar-refractivity contribution in [2.24, 2.45) is 0 Å². The molecule has 0 bridgehead atoms. The van der Waals surface area contributed by atoms with E-state index in [0.717, 1.165) is 21.2 Å². The van der Waals surface area contributed by atoms with Gasteiger partial charge in [-0.05, 0) is 24.3 Å². The molecule has 0 aliphatic heterocycles. The van der Waals surface area contributed by atoms with Crippen LogP contribution in [-0.4, -0.2) is 9.97 Å². The van der Waals surface area contributed by atoms with Crippen LogP contribution in [0.15, 0.2) is 46.5 Å². The van der Waals surface area contributed by atoms with Gasteiger partial charge in [-0.1, -0.05) is 0 Å². The van der Waals surface area contributed by atoms with Crippen molar-refractivity contribution in [1.29, 1.82) is 0 Å². The second-order valence-electron chi connectivity index (χ2n) is 2.80. The van der Waals surface area contributed by atoms with Crippen molar-refractivity contribution >= 4 is 25.3 Å². The van der Waals surface area contributed by atoms with Gasteiger partial charge in [0.25, 0.3) is 0 Å². The highest BCUT2D eigenvalue weighted by Gasteiger charge is 1.99. The Morgan fingerprint density at radius 3 is 1.43 bits per heavy atom. The molecule has 14 heavy (non-hydrogen) atoms. The van der Waals surface area contributed by atoms with Crippen molar-refractivity contribution in [2.75, 3.05) is 0 Å². The van der Waals surface area contributed by atoms with Crippen molar-refractivity contribution in [3.63, 3.8) is 0 Å². The molecule has 4 heteroatoms. The molecule has 0 aliphatic rings. The fourth-order valence-electron chi connectivity index (χ4n) is 1.08. The Morgan fingerprint density at radius 2 is 1.14 bits per heavy atom. The van der Waals surface area contributed by atoms with E-state index in [1.807, 2.05) is 24.3 Å². The van der Waals surface area contributed by atoms with Crippen LogP contribution in [0, 0.1) is 0 Å². The minimum absolute atomic E-state index is 0.844. The van der Waals surface area contributed by atoms with Crippen molar-refractivity contribution in [1.82, 2.24) is 9.97 Å². The minimum Gasteiger partial charge on any atom is -0.253 e. The molecule has 2 aromatic heterocycles. The summed E-state index contributed by atoms with van der Waals surface area (Å²) < 4.78 is 0. The summed E-state index contributed by atoms with van der Waals surface area (Å²) in [7, 11) is 0. The molecule has 0 saturated carbocycles. The molecule has 0 aliphatic carbocycles. The largest absolute Gasteiger partial charge is 0.253 e. The standard InChI is InChI=1S/C10H8N2S2/c13-7-1-3-9(11-5-7)10-4-2-8(14)6-12-10/h1-6,13-14H. The molecule has 2 rings (SSSR count). The van der Waals surface area contributed by atoms with E-state index in [2.05, 4.69) is 35.2 Å². The second kappa shape index (κ2) is 4.02. The summed E-state index contributed by atoms with van der Waals surface area (Å²) in [6, 6.07) is 7.56. The number of thiol groups is 2. The van der Waals surface area contributed by atoms with Crippen LogP contribution in [0.5, 0.6) is 0 Å².